The van der Waals surface area contributed by atoms with Gasteiger partial charge in [-0.2, -0.15) is 9.97 Å². The third-order valence-electron chi connectivity index (χ3n) is 3.31. The molecule has 0 saturated heterocycles. The Bertz CT molecular complexity index is 652. The number of rotatable bonds is 5. The third-order valence-corrected chi connectivity index (χ3v) is 3.31. The van der Waals surface area contributed by atoms with Gasteiger partial charge in [0.05, 0.1) is 35.8 Å². The summed E-state index contributed by atoms with van der Waals surface area (Å²) in [5.41, 5.74) is 3.48. The highest BCUT2D eigenvalue weighted by Gasteiger charge is 2.16. The summed E-state index contributed by atoms with van der Waals surface area (Å²) >= 11 is 0. The lowest BCUT2D eigenvalue weighted by Gasteiger charge is -2.12. The van der Waals surface area contributed by atoms with Crippen molar-refractivity contribution in [3.8, 4) is 6.01 Å². The summed E-state index contributed by atoms with van der Waals surface area (Å²) in [4.78, 5) is 20.7. The molecule has 0 saturated carbocycles. The molecule has 0 atom stereocenters. The van der Waals surface area contributed by atoms with E-state index in [0.29, 0.717) is 35.5 Å². The molecular formula is C15H20N4O3. The number of aromatic nitrogens is 3. The first-order valence-corrected chi connectivity index (χ1v) is 7.12. The van der Waals surface area contributed by atoms with Crippen LogP contribution in [0.5, 0.6) is 6.01 Å². The van der Waals surface area contributed by atoms with Crippen LogP contribution in [0.1, 0.15) is 35.3 Å². The highest BCUT2D eigenvalue weighted by molar-refractivity contribution is 5.93. The third kappa shape index (κ3) is 3.41. The highest BCUT2D eigenvalue weighted by atomic mass is 16.5. The maximum absolute atomic E-state index is 12.2. The monoisotopic (exact) mass is 304 g/mol. The Labute approximate surface area is 129 Å². The van der Waals surface area contributed by atoms with Gasteiger partial charge in [0.2, 0.25) is 5.91 Å². The van der Waals surface area contributed by atoms with Gasteiger partial charge in [-0.1, -0.05) is 5.16 Å². The molecule has 7 nitrogen and oxygen atoms in total. The van der Waals surface area contributed by atoms with Crippen molar-refractivity contribution in [3.63, 3.8) is 0 Å². The van der Waals surface area contributed by atoms with Gasteiger partial charge in [-0.3, -0.25) is 4.79 Å². The zero-order valence-electron chi connectivity index (χ0n) is 13.5. The Morgan fingerprint density at radius 3 is 2.27 bits per heavy atom. The number of hydrogen-bond acceptors (Lipinski definition) is 6. The molecule has 2 aromatic heterocycles. The van der Waals surface area contributed by atoms with Crippen LogP contribution in [0.25, 0.3) is 0 Å². The average Bonchev–Trinajstić information content (AvgIpc) is 2.75. The molecule has 0 unspecified atom stereocenters. The van der Waals surface area contributed by atoms with Gasteiger partial charge in [0, 0.05) is 5.56 Å². The molecule has 7 heteroatoms. The minimum Gasteiger partial charge on any atom is -0.464 e. The van der Waals surface area contributed by atoms with Crippen molar-refractivity contribution in [1.82, 2.24) is 15.1 Å². The standard InChI is InChI=1S/C15H20N4O3/c1-6-21-15-16-9(3)14(10(4)17-15)18-13(20)7-12-8(2)19-22-11(12)5/h6-7H2,1-5H3,(H,18,20). The van der Waals surface area contributed by atoms with Gasteiger partial charge < -0.3 is 14.6 Å². The SMILES string of the molecule is CCOc1nc(C)c(NC(=O)Cc2c(C)noc2C)c(C)n1. The van der Waals surface area contributed by atoms with Gasteiger partial charge in [0.15, 0.2) is 0 Å². The van der Waals surface area contributed by atoms with Crippen molar-refractivity contribution in [2.24, 2.45) is 0 Å². The molecule has 0 radical (unpaired) electrons. The summed E-state index contributed by atoms with van der Waals surface area (Å²) < 4.78 is 10.4. The van der Waals surface area contributed by atoms with Crippen molar-refractivity contribution in [1.29, 1.82) is 0 Å². The lowest BCUT2D eigenvalue weighted by molar-refractivity contribution is -0.115. The predicted octanol–water partition coefficient (Wildman–Crippen LogP) is 2.28. The summed E-state index contributed by atoms with van der Waals surface area (Å²) in [7, 11) is 0. The summed E-state index contributed by atoms with van der Waals surface area (Å²) in [6.07, 6.45) is 0.202. The molecule has 0 fully saturated rings. The number of anilines is 1. The number of carbonyl (C=O) groups is 1. The van der Waals surface area contributed by atoms with E-state index in [-0.39, 0.29) is 12.3 Å². The molecule has 2 heterocycles. The van der Waals surface area contributed by atoms with Crippen molar-refractivity contribution in [2.45, 2.75) is 41.0 Å². The number of hydrogen-bond donors (Lipinski definition) is 1. The largest absolute Gasteiger partial charge is 0.464 e. The van der Waals surface area contributed by atoms with Crippen LogP contribution < -0.4 is 10.1 Å². The molecule has 118 valence electrons. The van der Waals surface area contributed by atoms with Crippen molar-refractivity contribution >= 4 is 11.6 Å². The van der Waals surface area contributed by atoms with E-state index in [2.05, 4.69) is 20.4 Å². The number of nitrogens with zero attached hydrogens (tertiary/aromatic N) is 3. The minimum atomic E-state index is -0.159. The molecule has 1 amide bonds. The predicted molar refractivity (Wildman–Crippen MR) is 81.0 cm³/mol. The Morgan fingerprint density at radius 2 is 1.77 bits per heavy atom. The van der Waals surface area contributed by atoms with E-state index in [4.69, 9.17) is 9.26 Å². The Hall–Kier alpha value is -2.44. The molecule has 0 aliphatic carbocycles. The first-order chi connectivity index (χ1) is 10.4. The van der Waals surface area contributed by atoms with Crippen LogP contribution in [0.2, 0.25) is 0 Å². The normalized spacial score (nSPS) is 10.6. The van der Waals surface area contributed by atoms with E-state index in [0.717, 1.165) is 11.3 Å². The average molecular weight is 304 g/mol. The van der Waals surface area contributed by atoms with E-state index < -0.39 is 0 Å². The zero-order chi connectivity index (χ0) is 16.3. The van der Waals surface area contributed by atoms with Crippen molar-refractivity contribution < 1.29 is 14.1 Å². The summed E-state index contributed by atoms with van der Waals surface area (Å²) in [6, 6.07) is 0.321. The van der Waals surface area contributed by atoms with Gasteiger partial charge in [0.25, 0.3) is 0 Å². The molecule has 0 bridgehead atoms. The van der Waals surface area contributed by atoms with Crippen LogP contribution in [0.3, 0.4) is 0 Å². The molecule has 0 spiro atoms. The topological polar surface area (TPSA) is 90.1 Å². The second-order valence-corrected chi connectivity index (χ2v) is 5.01. The molecule has 2 aromatic rings. The van der Waals surface area contributed by atoms with Gasteiger partial charge >= 0.3 is 6.01 Å². The number of aryl methyl sites for hydroxylation is 4. The van der Waals surface area contributed by atoms with E-state index >= 15 is 0 Å². The van der Waals surface area contributed by atoms with E-state index in [1.807, 2.05) is 27.7 Å². The fourth-order valence-electron chi connectivity index (χ4n) is 2.16. The lowest BCUT2D eigenvalue weighted by atomic mass is 10.1. The quantitative estimate of drug-likeness (QED) is 0.911. The molecule has 0 aromatic carbocycles. The second-order valence-electron chi connectivity index (χ2n) is 5.01. The van der Waals surface area contributed by atoms with Crippen molar-refractivity contribution in [2.75, 3.05) is 11.9 Å². The van der Waals surface area contributed by atoms with Gasteiger partial charge in [-0.05, 0) is 34.6 Å². The highest BCUT2D eigenvalue weighted by Crippen LogP contribution is 2.20. The summed E-state index contributed by atoms with van der Waals surface area (Å²) in [6.45, 7) is 9.59. The molecule has 1 N–H and O–H groups in total. The first kappa shape index (κ1) is 15.9. The van der Waals surface area contributed by atoms with E-state index in [9.17, 15) is 4.79 Å². The van der Waals surface area contributed by atoms with Crippen LogP contribution in [-0.4, -0.2) is 27.6 Å². The maximum atomic E-state index is 12.2. The number of ether oxygens (including phenoxy) is 1. The molecule has 0 aliphatic heterocycles. The van der Waals surface area contributed by atoms with Crippen LogP contribution in [-0.2, 0) is 11.2 Å². The van der Waals surface area contributed by atoms with E-state index in [1.54, 1.807) is 6.92 Å². The number of carbonyl (C=O) groups excluding carboxylic acids is 1. The summed E-state index contributed by atoms with van der Waals surface area (Å²) in [5, 5.41) is 6.70. The fraction of sp³-hybridized carbons (Fsp3) is 0.467. The minimum absolute atomic E-state index is 0.159. The smallest absolute Gasteiger partial charge is 0.316 e. The van der Waals surface area contributed by atoms with Crippen LogP contribution in [0.15, 0.2) is 4.52 Å². The second kappa shape index (κ2) is 6.55. The van der Waals surface area contributed by atoms with Crippen LogP contribution >= 0.6 is 0 Å². The fourth-order valence-corrected chi connectivity index (χ4v) is 2.16. The first-order valence-electron chi connectivity index (χ1n) is 7.12. The Kier molecular flexibility index (Phi) is 4.75. The molecule has 2 rings (SSSR count). The number of nitrogens with one attached hydrogen (secondary N) is 1. The molecular weight excluding hydrogens is 284 g/mol. The number of amides is 1. The lowest BCUT2D eigenvalue weighted by Crippen LogP contribution is -2.18. The van der Waals surface area contributed by atoms with Crippen molar-refractivity contribution in [3.05, 3.63) is 28.4 Å². The molecule has 22 heavy (non-hydrogen) atoms. The van der Waals surface area contributed by atoms with Crippen LogP contribution in [0, 0.1) is 27.7 Å². The van der Waals surface area contributed by atoms with Crippen LogP contribution in [0.4, 0.5) is 5.69 Å². The molecule has 0 aliphatic rings. The van der Waals surface area contributed by atoms with Gasteiger partial charge in [-0.15, -0.1) is 0 Å². The Balaban J connectivity index is 2.15. The van der Waals surface area contributed by atoms with Gasteiger partial charge in [-0.25, -0.2) is 0 Å². The Morgan fingerprint density at radius 1 is 1.14 bits per heavy atom. The van der Waals surface area contributed by atoms with Gasteiger partial charge in [0.1, 0.15) is 5.76 Å². The summed E-state index contributed by atoms with van der Waals surface area (Å²) in [5.74, 6) is 0.498. The van der Waals surface area contributed by atoms with E-state index in [1.165, 1.54) is 0 Å². The zero-order valence-corrected chi connectivity index (χ0v) is 13.5. The maximum Gasteiger partial charge on any atom is 0.316 e.